The minimum Gasteiger partial charge on any atom is -0.395 e. The Balaban J connectivity index is 1.81. The zero-order valence-corrected chi connectivity index (χ0v) is 15.8. The van der Waals surface area contributed by atoms with Crippen molar-refractivity contribution in [2.24, 2.45) is 7.05 Å². The maximum atomic E-state index is 13.1. The maximum absolute atomic E-state index is 13.1. The first-order valence-electron chi connectivity index (χ1n) is 9.10. The average molecular weight is 369 g/mol. The number of anilines is 1. The van der Waals surface area contributed by atoms with Crippen LogP contribution in [0.25, 0.3) is 10.2 Å². The van der Waals surface area contributed by atoms with Crippen molar-refractivity contribution >= 4 is 27.5 Å². The highest BCUT2D eigenvalue weighted by Gasteiger charge is 2.22. The van der Waals surface area contributed by atoms with Gasteiger partial charge in [-0.05, 0) is 36.8 Å². The van der Waals surface area contributed by atoms with Gasteiger partial charge >= 0.3 is 0 Å². The zero-order valence-electron chi connectivity index (χ0n) is 14.9. The number of aromatic nitrogens is 2. The largest absolute Gasteiger partial charge is 0.395 e. The molecule has 0 unspecified atom stereocenters. The van der Waals surface area contributed by atoms with Gasteiger partial charge in [-0.2, -0.15) is 0 Å². The van der Waals surface area contributed by atoms with Gasteiger partial charge in [-0.1, -0.05) is 30.3 Å². The molecule has 0 aliphatic heterocycles. The molecule has 0 bridgehead atoms. The number of hydrogen-bond acceptors (Lipinski definition) is 5. The summed E-state index contributed by atoms with van der Waals surface area (Å²) in [5.74, 6) is 0.624. The second-order valence-corrected chi connectivity index (χ2v) is 7.88. The number of aryl methyl sites for hydroxylation is 2. The van der Waals surface area contributed by atoms with E-state index in [-0.39, 0.29) is 12.2 Å². The number of aliphatic hydroxyl groups excluding tert-OH is 1. The highest BCUT2D eigenvalue weighted by atomic mass is 32.1. The van der Waals surface area contributed by atoms with Gasteiger partial charge in [-0.3, -0.25) is 9.36 Å². The van der Waals surface area contributed by atoms with Crippen molar-refractivity contribution in [2.75, 3.05) is 18.1 Å². The number of aliphatic hydroxyl groups is 1. The average Bonchev–Trinajstić information content (AvgIpc) is 3.04. The summed E-state index contributed by atoms with van der Waals surface area (Å²) in [4.78, 5) is 22.1. The van der Waals surface area contributed by atoms with Gasteiger partial charge in [-0.15, -0.1) is 11.3 Å². The van der Waals surface area contributed by atoms with Gasteiger partial charge in [0.2, 0.25) is 5.95 Å². The summed E-state index contributed by atoms with van der Waals surface area (Å²) in [6, 6.07) is 10.1. The van der Waals surface area contributed by atoms with E-state index in [1.54, 1.807) is 23.0 Å². The predicted octanol–water partition coefficient (Wildman–Crippen LogP) is 2.87. The van der Waals surface area contributed by atoms with Gasteiger partial charge in [0.25, 0.3) is 5.56 Å². The molecule has 3 aromatic rings. The maximum Gasteiger partial charge on any atom is 0.263 e. The molecule has 1 aromatic carbocycles. The Morgan fingerprint density at radius 2 is 2.00 bits per heavy atom. The van der Waals surface area contributed by atoms with Crippen LogP contribution < -0.4 is 10.5 Å². The van der Waals surface area contributed by atoms with E-state index in [2.05, 4.69) is 0 Å². The third kappa shape index (κ3) is 3.04. The fourth-order valence-corrected chi connectivity index (χ4v) is 4.98. The van der Waals surface area contributed by atoms with Crippen molar-refractivity contribution in [3.8, 4) is 0 Å². The van der Waals surface area contributed by atoms with Gasteiger partial charge < -0.3 is 10.0 Å². The van der Waals surface area contributed by atoms with Gasteiger partial charge in [0, 0.05) is 25.0 Å². The second kappa shape index (κ2) is 7.21. The SMILES string of the molecule is Cn1c(N(CCO)Cc2ccccc2)nc2sc3c(c2c1=O)CCCC3. The molecule has 1 aliphatic carbocycles. The summed E-state index contributed by atoms with van der Waals surface area (Å²) >= 11 is 1.66. The van der Waals surface area contributed by atoms with Gasteiger partial charge in [-0.25, -0.2) is 4.98 Å². The molecule has 6 heteroatoms. The zero-order chi connectivity index (χ0) is 18.1. The molecule has 0 saturated heterocycles. The fraction of sp³-hybridized carbons (Fsp3) is 0.400. The van der Waals surface area contributed by atoms with E-state index in [0.29, 0.717) is 19.0 Å². The molecule has 1 N–H and O–H groups in total. The summed E-state index contributed by atoms with van der Waals surface area (Å²) in [6.45, 7) is 1.06. The molecular weight excluding hydrogens is 346 g/mol. The van der Waals surface area contributed by atoms with E-state index >= 15 is 0 Å². The first kappa shape index (κ1) is 17.2. The van der Waals surface area contributed by atoms with Crippen LogP contribution >= 0.6 is 11.3 Å². The quantitative estimate of drug-likeness (QED) is 0.751. The van der Waals surface area contributed by atoms with Crippen molar-refractivity contribution < 1.29 is 5.11 Å². The molecule has 0 atom stereocenters. The molecule has 2 heterocycles. The molecule has 0 amide bonds. The van der Waals surface area contributed by atoms with Gasteiger partial charge in [0.05, 0.1) is 12.0 Å². The third-order valence-corrected chi connectivity index (χ3v) is 6.23. The molecule has 0 fully saturated rings. The molecule has 1 aliphatic rings. The smallest absolute Gasteiger partial charge is 0.263 e. The first-order valence-corrected chi connectivity index (χ1v) is 9.91. The Morgan fingerprint density at radius 3 is 2.77 bits per heavy atom. The lowest BCUT2D eigenvalue weighted by molar-refractivity contribution is 0.300. The first-order chi connectivity index (χ1) is 12.7. The van der Waals surface area contributed by atoms with Crippen molar-refractivity contribution in [1.29, 1.82) is 0 Å². The van der Waals surface area contributed by atoms with Crippen LogP contribution in [0.2, 0.25) is 0 Å². The summed E-state index contributed by atoms with van der Waals surface area (Å²) in [6.07, 6.45) is 4.38. The molecule has 0 radical (unpaired) electrons. The monoisotopic (exact) mass is 369 g/mol. The third-order valence-electron chi connectivity index (χ3n) is 5.04. The Hall–Kier alpha value is -2.18. The Bertz CT molecular complexity index is 978. The summed E-state index contributed by atoms with van der Waals surface area (Å²) in [5, 5.41) is 10.3. The minimum absolute atomic E-state index is 0.0156. The van der Waals surface area contributed by atoms with E-state index in [0.717, 1.165) is 35.0 Å². The highest BCUT2D eigenvalue weighted by Crippen LogP contribution is 2.34. The van der Waals surface area contributed by atoms with Gasteiger partial charge in [0.15, 0.2) is 0 Å². The van der Waals surface area contributed by atoms with Crippen molar-refractivity contribution in [1.82, 2.24) is 9.55 Å². The van der Waals surface area contributed by atoms with Crippen LogP contribution in [0.5, 0.6) is 0 Å². The van der Waals surface area contributed by atoms with E-state index < -0.39 is 0 Å². The molecule has 5 nitrogen and oxygen atoms in total. The second-order valence-electron chi connectivity index (χ2n) is 6.80. The Morgan fingerprint density at radius 1 is 1.23 bits per heavy atom. The van der Waals surface area contributed by atoms with Crippen LogP contribution in [0.4, 0.5) is 5.95 Å². The lowest BCUT2D eigenvalue weighted by atomic mass is 9.97. The highest BCUT2D eigenvalue weighted by molar-refractivity contribution is 7.18. The van der Waals surface area contributed by atoms with Crippen molar-refractivity contribution in [3.63, 3.8) is 0 Å². The van der Waals surface area contributed by atoms with E-state index in [1.165, 1.54) is 16.9 Å². The van der Waals surface area contributed by atoms with Crippen molar-refractivity contribution in [2.45, 2.75) is 32.2 Å². The number of nitrogens with zero attached hydrogens (tertiary/aromatic N) is 3. The van der Waals surface area contributed by atoms with Crippen LogP contribution in [0, 0.1) is 0 Å². The molecule has 4 rings (SSSR count). The van der Waals surface area contributed by atoms with Crippen LogP contribution in [-0.4, -0.2) is 27.8 Å². The summed E-state index contributed by atoms with van der Waals surface area (Å²) in [7, 11) is 1.78. The topological polar surface area (TPSA) is 58.4 Å². The number of rotatable bonds is 5. The fourth-order valence-electron chi connectivity index (χ4n) is 3.73. The normalized spacial score (nSPS) is 13.8. The Kier molecular flexibility index (Phi) is 4.78. The summed E-state index contributed by atoms with van der Waals surface area (Å²) < 4.78 is 1.64. The van der Waals surface area contributed by atoms with Crippen molar-refractivity contribution in [3.05, 3.63) is 56.7 Å². The Labute approximate surface area is 156 Å². The van der Waals surface area contributed by atoms with Gasteiger partial charge in [0.1, 0.15) is 4.83 Å². The van der Waals surface area contributed by atoms with E-state index in [4.69, 9.17) is 4.98 Å². The van der Waals surface area contributed by atoms with E-state index in [1.807, 2.05) is 35.2 Å². The van der Waals surface area contributed by atoms with E-state index in [9.17, 15) is 9.90 Å². The molecular formula is C20H23N3O2S. The molecule has 26 heavy (non-hydrogen) atoms. The van der Waals surface area contributed by atoms with Crippen LogP contribution in [0.3, 0.4) is 0 Å². The lowest BCUT2D eigenvalue weighted by Gasteiger charge is -2.24. The van der Waals surface area contributed by atoms with Crippen LogP contribution in [0.1, 0.15) is 28.8 Å². The number of fused-ring (bicyclic) bond motifs is 3. The minimum atomic E-state index is 0.0156. The molecule has 0 saturated carbocycles. The molecule has 0 spiro atoms. The van der Waals surface area contributed by atoms with Crippen LogP contribution in [-0.2, 0) is 26.4 Å². The van der Waals surface area contributed by atoms with Crippen LogP contribution in [0.15, 0.2) is 35.1 Å². The lowest BCUT2D eigenvalue weighted by Crippen LogP contribution is -2.33. The summed E-state index contributed by atoms with van der Waals surface area (Å²) in [5.41, 5.74) is 2.37. The predicted molar refractivity (Wildman–Crippen MR) is 106 cm³/mol. The molecule has 136 valence electrons. The molecule has 2 aromatic heterocycles. The number of benzene rings is 1. The number of hydrogen-bond donors (Lipinski definition) is 1. The number of thiophene rings is 1. The standard InChI is InChI=1S/C20H23N3O2S/c1-22-19(25)17-15-9-5-6-10-16(15)26-18(17)21-20(22)23(11-12-24)13-14-7-3-2-4-8-14/h2-4,7-8,24H,5-6,9-13H2,1H3.